The van der Waals surface area contributed by atoms with Crippen LogP contribution in [-0.2, 0) is 11.3 Å². The zero-order valence-electron chi connectivity index (χ0n) is 8.84. The van der Waals surface area contributed by atoms with Gasteiger partial charge in [0.1, 0.15) is 0 Å². The van der Waals surface area contributed by atoms with Crippen molar-refractivity contribution in [1.29, 1.82) is 0 Å². The third-order valence-electron chi connectivity index (χ3n) is 1.84. The molecular formula is C9H15N3O3. The van der Waals surface area contributed by atoms with E-state index < -0.39 is 0 Å². The number of rotatable bonds is 5. The number of methoxy groups -OCH3 is 2. The molecule has 0 aliphatic rings. The summed E-state index contributed by atoms with van der Waals surface area (Å²) in [4.78, 5) is 11.4. The molecule has 6 nitrogen and oxygen atoms in total. The molecule has 1 atom stereocenters. The largest absolute Gasteiger partial charge is 0.480 e. The first-order valence-corrected chi connectivity index (χ1v) is 4.54. The number of hydrogen-bond acceptors (Lipinski definition) is 5. The predicted octanol–water partition coefficient (Wildman–Crippen LogP) is -0.774. The van der Waals surface area contributed by atoms with E-state index in [9.17, 15) is 4.79 Å². The molecule has 0 bridgehead atoms. The minimum absolute atomic E-state index is 0.206. The van der Waals surface area contributed by atoms with Crippen LogP contribution in [0.2, 0.25) is 0 Å². The van der Waals surface area contributed by atoms with Crippen LogP contribution in [0.25, 0.3) is 0 Å². The molecule has 0 aromatic carbocycles. The quantitative estimate of drug-likeness (QED) is 0.694. The maximum absolute atomic E-state index is 11.4. The van der Waals surface area contributed by atoms with Gasteiger partial charge in [-0.05, 0) is 0 Å². The van der Waals surface area contributed by atoms with Crippen LogP contribution >= 0.6 is 0 Å². The molecule has 0 saturated heterocycles. The number of hydrogen-bond donors (Lipinski definition) is 1. The molecule has 15 heavy (non-hydrogen) atoms. The van der Waals surface area contributed by atoms with Gasteiger partial charge in [0, 0.05) is 25.3 Å². The summed E-state index contributed by atoms with van der Waals surface area (Å²) >= 11 is 0. The van der Waals surface area contributed by atoms with Crippen molar-refractivity contribution in [2.75, 3.05) is 20.8 Å². The van der Waals surface area contributed by atoms with E-state index in [2.05, 4.69) is 5.10 Å². The van der Waals surface area contributed by atoms with E-state index in [0.29, 0.717) is 19.0 Å². The molecule has 1 aromatic heterocycles. The first-order valence-electron chi connectivity index (χ1n) is 4.54. The number of nitrogens with two attached hydrogens (primary N) is 1. The Balaban J connectivity index is 2.79. The maximum Gasteiger partial charge on any atom is 0.267 e. The van der Waals surface area contributed by atoms with Crippen molar-refractivity contribution in [3.8, 4) is 5.88 Å². The Morgan fingerprint density at radius 3 is 2.87 bits per heavy atom. The third-order valence-corrected chi connectivity index (χ3v) is 1.84. The van der Waals surface area contributed by atoms with Crippen molar-refractivity contribution in [3.63, 3.8) is 0 Å². The van der Waals surface area contributed by atoms with Crippen LogP contribution in [0.5, 0.6) is 5.88 Å². The summed E-state index contributed by atoms with van der Waals surface area (Å²) in [6.45, 7) is 0.690. The van der Waals surface area contributed by atoms with Gasteiger partial charge in [-0.1, -0.05) is 0 Å². The molecule has 1 rings (SSSR count). The highest BCUT2D eigenvalue weighted by Crippen LogP contribution is 1.99. The first kappa shape index (κ1) is 11.7. The highest BCUT2D eigenvalue weighted by Gasteiger charge is 2.06. The SMILES string of the molecule is COCC(N)Cn1nc(OC)ccc1=O. The minimum atomic E-state index is -0.257. The highest BCUT2D eigenvalue weighted by molar-refractivity contribution is 5.06. The second kappa shape index (κ2) is 5.47. The molecule has 84 valence electrons. The number of aromatic nitrogens is 2. The summed E-state index contributed by atoms with van der Waals surface area (Å²) in [5.41, 5.74) is 5.50. The van der Waals surface area contributed by atoms with Crippen LogP contribution in [0.1, 0.15) is 0 Å². The van der Waals surface area contributed by atoms with E-state index in [-0.39, 0.29) is 11.6 Å². The lowest BCUT2D eigenvalue weighted by molar-refractivity contribution is 0.171. The molecule has 1 unspecified atom stereocenters. The fourth-order valence-corrected chi connectivity index (χ4v) is 1.16. The van der Waals surface area contributed by atoms with Crippen LogP contribution in [0.4, 0.5) is 0 Å². The van der Waals surface area contributed by atoms with E-state index in [1.807, 2.05) is 0 Å². The van der Waals surface area contributed by atoms with Gasteiger partial charge in [0.25, 0.3) is 5.56 Å². The Labute approximate surface area is 87.6 Å². The third kappa shape index (κ3) is 3.34. The van der Waals surface area contributed by atoms with Gasteiger partial charge < -0.3 is 15.2 Å². The van der Waals surface area contributed by atoms with Gasteiger partial charge in [-0.2, -0.15) is 0 Å². The maximum atomic E-state index is 11.4. The first-order chi connectivity index (χ1) is 7.17. The number of nitrogens with zero attached hydrogens (tertiary/aromatic N) is 2. The summed E-state index contributed by atoms with van der Waals surface area (Å²) in [5.74, 6) is 0.388. The standard InChI is InChI=1S/C9H15N3O3/c1-14-6-7(10)5-12-9(13)4-3-8(11-12)15-2/h3-4,7H,5-6,10H2,1-2H3. The van der Waals surface area contributed by atoms with E-state index >= 15 is 0 Å². The predicted molar refractivity (Wildman–Crippen MR) is 54.9 cm³/mol. The molecule has 1 heterocycles. The molecule has 0 aliphatic carbocycles. The fourth-order valence-electron chi connectivity index (χ4n) is 1.16. The zero-order chi connectivity index (χ0) is 11.3. The lowest BCUT2D eigenvalue weighted by Crippen LogP contribution is -2.36. The minimum Gasteiger partial charge on any atom is -0.480 e. The smallest absolute Gasteiger partial charge is 0.267 e. The Morgan fingerprint density at radius 2 is 2.27 bits per heavy atom. The fraction of sp³-hybridized carbons (Fsp3) is 0.556. The topological polar surface area (TPSA) is 79.4 Å². The Kier molecular flexibility index (Phi) is 4.26. The Hall–Kier alpha value is -1.40. The van der Waals surface area contributed by atoms with Crippen molar-refractivity contribution >= 4 is 0 Å². The van der Waals surface area contributed by atoms with Gasteiger partial charge in [-0.3, -0.25) is 4.79 Å². The molecule has 0 saturated carbocycles. The molecule has 0 fully saturated rings. The molecule has 1 aromatic rings. The van der Waals surface area contributed by atoms with Crippen molar-refractivity contribution < 1.29 is 9.47 Å². The van der Waals surface area contributed by atoms with Gasteiger partial charge in [-0.25, -0.2) is 4.68 Å². The monoisotopic (exact) mass is 213 g/mol. The summed E-state index contributed by atoms with van der Waals surface area (Å²) in [6, 6.07) is 2.65. The van der Waals surface area contributed by atoms with Crippen molar-refractivity contribution in [3.05, 3.63) is 22.5 Å². The average Bonchev–Trinajstić information content (AvgIpc) is 2.21. The molecule has 0 amide bonds. The van der Waals surface area contributed by atoms with Gasteiger partial charge in [0.05, 0.1) is 20.3 Å². The molecule has 0 aliphatic heterocycles. The van der Waals surface area contributed by atoms with Crippen LogP contribution in [0.3, 0.4) is 0 Å². The van der Waals surface area contributed by atoms with E-state index in [0.717, 1.165) is 0 Å². The van der Waals surface area contributed by atoms with Crippen LogP contribution in [-0.4, -0.2) is 36.6 Å². The van der Waals surface area contributed by atoms with Crippen LogP contribution < -0.4 is 16.0 Å². The molecule has 2 N–H and O–H groups in total. The Morgan fingerprint density at radius 1 is 1.53 bits per heavy atom. The number of ether oxygens (including phenoxy) is 2. The summed E-state index contributed by atoms with van der Waals surface area (Å²) in [6.07, 6.45) is 0. The van der Waals surface area contributed by atoms with Crippen molar-refractivity contribution in [1.82, 2.24) is 9.78 Å². The van der Waals surface area contributed by atoms with E-state index in [4.69, 9.17) is 15.2 Å². The lowest BCUT2D eigenvalue weighted by Gasteiger charge is -2.11. The second-order valence-corrected chi connectivity index (χ2v) is 3.11. The summed E-state index contributed by atoms with van der Waals surface area (Å²) < 4.78 is 11.0. The highest BCUT2D eigenvalue weighted by atomic mass is 16.5. The Bertz CT molecular complexity index is 364. The van der Waals surface area contributed by atoms with Crippen molar-refractivity contribution in [2.45, 2.75) is 12.6 Å². The lowest BCUT2D eigenvalue weighted by atomic mass is 10.3. The molecular weight excluding hydrogens is 198 g/mol. The van der Waals surface area contributed by atoms with E-state index in [1.54, 1.807) is 7.11 Å². The molecule has 0 radical (unpaired) electrons. The molecule has 6 heteroatoms. The van der Waals surface area contributed by atoms with Crippen molar-refractivity contribution in [2.24, 2.45) is 5.73 Å². The second-order valence-electron chi connectivity index (χ2n) is 3.11. The average molecular weight is 213 g/mol. The van der Waals surface area contributed by atoms with Gasteiger partial charge in [0.2, 0.25) is 5.88 Å². The van der Waals surface area contributed by atoms with Crippen LogP contribution in [0, 0.1) is 0 Å². The summed E-state index contributed by atoms with van der Waals surface area (Å²) in [7, 11) is 3.05. The molecule has 0 spiro atoms. The van der Waals surface area contributed by atoms with Crippen LogP contribution in [0.15, 0.2) is 16.9 Å². The summed E-state index contributed by atoms with van der Waals surface area (Å²) in [5, 5.41) is 3.96. The van der Waals surface area contributed by atoms with Gasteiger partial charge >= 0.3 is 0 Å². The van der Waals surface area contributed by atoms with E-state index in [1.165, 1.54) is 23.9 Å². The van der Waals surface area contributed by atoms with Gasteiger partial charge in [0.15, 0.2) is 0 Å². The van der Waals surface area contributed by atoms with Gasteiger partial charge in [-0.15, -0.1) is 5.10 Å². The normalized spacial score (nSPS) is 12.5. The zero-order valence-corrected chi connectivity index (χ0v) is 8.84.